The first-order valence-corrected chi connectivity index (χ1v) is 13.3. The van der Waals surface area contributed by atoms with Gasteiger partial charge in [-0.1, -0.05) is 39.8 Å². The van der Waals surface area contributed by atoms with Crippen LogP contribution in [-0.4, -0.2) is 50.4 Å². The number of aryl methyl sites for hydroxylation is 2. The summed E-state index contributed by atoms with van der Waals surface area (Å²) in [7, 11) is 1.89. The number of likely N-dealkylation sites (tertiary alicyclic amines) is 1. The van der Waals surface area contributed by atoms with Gasteiger partial charge in [-0.25, -0.2) is 0 Å². The van der Waals surface area contributed by atoms with Crippen LogP contribution in [0.5, 0.6) is 0 Å². The molecular weight excluding hydrogens is 460 g/mol. The summed E-state index contributed by atoms with van der Waals surface area (Å²) in [5.41, 5.74) is 7.79. The highest BCUT2D eigenvalue weighted by Crippen LogP contribution is 2.30. The van der Waals surface area contributed by atoms with Gasteiger partial charge in [0, 0.05) is 36.6 Å². The predicted octanol–water partition coefficient (Wildman–Crippen LogP) is 6.41. The summed E-state index contributed by atoms with van der Waals surface area (Å²) in [5.74, 6) is 0.706. The van der Waals surface area contributed by atoms with E-state index in [1.165, 1.54) is 19.3 Å². The van der Waals surface area contributed by atoms with Crippen molar-refractivity contribution in [1.29, 1.82) is 0 Å². The first-order valence-electron chi connectivity index (χ1n) is 13.3. The number of benzene rings is 1. The van der Waals surface area contributed by atoms with Gasteiger partial charge in [0.1, 0.15) is 5.69 Å². The smallest absolute Gasteiger partial charge is 0.238 e. The van der Waals surface area contributed by atoms with Crippen molar-refractivity contribution in [1.82, 2.24) is 24.9 Å². The number of anilines is 1. The third-order valence-electron chi connectivity index (χ3n) is 6.42. The summed E-state index contributed by atoms with van der Waals surface area (Å²) in [5, 5.41) is 14.9. The number of nitrogens with one attached hydrogen (secondary N) is 2. The predicted molar refractivity (Wildman–Crippen MR) is 155 cm³/mol. The van der Waals surface area contributed by atoms with Gasteiger partial charge in [0.15, 0.2) is 0 Å². The van der Waals surface area contributed by atoms with Gasteiger partial charge in [-0.2, -0.15) is 10.2 Å². The number of H-pyrrole nitrogens is 1. The molecule has 0 bridgehead atoms. The summed E-state index contributed by atoms with van der Waals surface area (Å²) in [6, 6.07) is 6.08. The second kappa shape index (κ2) is 13.2. The first kappa shape index (κ1) is 28.1. The Balaban J connectivity index is 0.00000121. The molecule has 0 aliphatic carbocycles. The Labute approximate surface area is 221 Å². The summed E-state index contributed by atoms with van der Waals surface area (Å²) in [6.07, 6.45) is 11.3. The highest BCUT2D eigenvalue weighted by molar-refractivity contribution is 5.93. The molecule has 3 heterocycles. The van der Waals surface area contributed by atoms with Crippen LogP contribution in [0.1, 0.15) is 69.3 Å². The standard InChI is InChI=1S/C27H34N6O.C3H8/c1-6-25-24(27(31-30-25)21-14-28-32(5)16-21)13-20(4)23-10-9-22(12-19(23)3)29-26(34)17-33-11-7-8-18(2)15-33;1-3-2/h6,9-10,12-14,16,18H,1,7-8,11,15,17H2,2-5H3,(H,29,34)(H,30,31);3H2,1-2H3/b20-13+;. The molecule has 2 aromatic heterocycles. The number of allylic oxidation sites excluding steroid dienone is 1. The fourth-order valence-electron chi connectivity index (χ4n) is 4.74. The Bertz CT molecular complexity index is 1230. The van der Waals surface area contributed by atoms with Crippen LogP contribution in [0.4, 0.5) is 5.69 Å². The number of aromatic amines is 1. The largest absolute Gasteiger partial charge is 0.325 e. The molecule has 7 heteroatoms. The average Bonchev–Trinajstić information content (AvgIpc) is 3.45. The number of carbonyl (C=O) groups excluding carboxylic acids is 1. The summed E-state index contributed by atoms with van der Waals surface area (Å²) in [4.78, 5) is 14.8. The van der Waals surface area contributed by atoms with Gasteiger partial charge < -0.3 is 5.32 Å². The van der Waals surface area contributed by atoms with E-state index >= 15 is 0 Å². The SMILES string of the molecule is C=Cc1[nH]nc(-c2cnn(C)c2)c1/C=C(\C)c1ccc(NC(=O)CN2CCCC(C)C2)cc1C.CCC. The number of rotatable bonds is 7. The minimum absolute atomic E-state index is 0.0450. The number of hydrogen-bond donors (Lipinski definition) is 2. The van der Waals surface area contributed by atoms with Crippen molar-refractivity contribution < 1.29 is 4.79 Å². The molecule has 0 saturated carbocycles. The van der Waals surface area contributed by atoms with Gasteiger partial charge in [-0.15, -0.1) is 0 Å². The fraction of sp³-hybridized carbons (Fsp3) is 0.433. The van der Waals surface area contributed by atoms with Gasteiger partial charge in [0.2, 0.25) is 5.91 Å². The third kappa shape index (κ3) is 7.52. The first-order chi connectivity index (χ1) is 17.7. The summed E-state index contributed by atoms with van der Waals surface area (Å²) in [6.45, 7) is 17.0. The molecule has 1 aliphatic rings. The van der Waals surface area contributed by atoms with Gasteiger partial charge in [0.05, 0.1) is 18.4 Å². The molecule has 1 fully saturated rings. The van der Waals surface area contributed by atoms with Gasteiger partial charge >= 0.3 is 0 Å². The highest BCUT2D eigenvalue weighted by Gasteiger charge is 2.19. The molecule has 0 spiro atoms. The lowest BCUT2D eigenvalue weighted by atomic mass is 9.97. The van der Waals surface area contributed by atoms with E-state index in [2.05, 4.69) is 78.9 Å². The van der Waals surface area contributed by atoms with E-state index in [4.69, 9.17) is 0 Å². The molecule has 7 nitrogen and oxygen atoms in total. The van der Waals surface area contributed by atoms with Crippen LogP contribution in [-0.2, 0) is 11.8 Å². The Morgan fingerprint density at radius 2 is 2.08 bits per heavy atom. The number of aromatic nitrogens is 4. The number of hydrogen-bond acceptors (Lipinski definition) is 4. The molecule has 1 amide bonds. The van der Waals surface area contributed by atoms with Gasteiger partial charge in [-0.3, -0.25) is 19.5 Å². The lowest BCUT2D eigenvalue weighted by Crippen LogP contribution is -2.39. The Kier molecular flexibility index (Phi) is 10.0. The Hall–Kier alpha value is -3.45. The van der Waals surface area contributed by atoms with E-state index in [1.54, 1.807) is 10.8 Å². The van der Waals surface area contributed by atoms with Crippen molar-refractivity contribution in [2.45, 2.75) is 53.9 Å². The van der Waals surface area contributed by atoms with E-state index in [0.717, 1.165) is 58.0 Å². The van der Waals surface area contributed by atoms with Crippen LogP contribution >= 0.6 is 0 Å². The molecule has 0 radical (unpaired) electrons. The Morgan fingerprint density at radius 3 is 2.70 bits per heavy atom. The molecule has 1 atom stereocenters. The van der Waals surface area contributed by atoms with E-state index in [-0.39, 0.29) is 5.91 Å². The minimum Gasteiger partial charge on any atom is -0.325 e. The topological polar surface area (TPSA) is 78.8 Å². The summed E-state index contributed by atoms with van der Waals surface area (Å²) < 4.78 is 1.76. The number of amides is 1. The van der Waals surface area contributed by atoms with E-state index in [9.17, 15) is 4.79 Å². The molecular formula is C30H42N6O. The van der Waals surface area contributed by atoms with Crippen molar-refractivity contribution in [3.05, 3.63) is 59.6 Å². The van der Waals surface area contributed by atoms with Crippen molar-refractivity contribution in [2.24, 2.45) is 13.0 Å². The van der Waals surface area contributed by atoms with E-state index in [0.29, 0.717) is 12.5 Å². The summed E-state index contributed by atoms with van der Waals surface area (Å²) >= 11 is 0. The maximum Gasteiger partial charge on any atom is 0.238 e. The minimum atomic E-state index is 0.0450. The third-order valence-corrected chi connectivity index (χ3v) is 6.42. The van der Waals surface area contributed by atoms with Crippen molar-refractivity contribution in [3.8, 4) is 11.3 Å². The molecule has 1 saturated heterocycles. The fourth-order valence-corrected chi connectivity index (χ4v) is 4.74. The molecule has 37 heavy (non-hydrogen) atoms. The number of carbonyl (C=O) groups is 1. The van der Waals surface area contributed by atoms with E-state index in [1.807, 2.05) is 31.6 Å². The molecule has 3 aromatic rings. The van der Waals surface area contributed by atoms with Crippen molar-refractivity contribution in [2.75, 3.05) is 25.0 Å². The lowest BCUT2D eigenvalue weighted by Gasteiger charge is -2.30. The van der Waals surface area contributed by atoms with Crippen molar-refractivity contribution in [3.63, 3.8) is 0 Å². The van der Waals surface area contributed by atoms with Crippen LogP contribution in [0.15, 0.2) is 37.2 Å². The van der Waals surface area contributed by atoms with Crippen molar-refractivity contribution >= 4 is 29.3 Å². The van der Waals surface area contributed by atoms with Crippen LogP contribution < -0.4 is 5.32 Å². The molecule has 4 rings (SSSR count). The second-order valence-electron chi connectivity index (χ2n) is 10.1. The number of piperidine rings is 1. The monoisotopic (exact) mass is 502 g/mol. The van der Waals surface area contributed by atoms with Crippen LogP contribution in [0, 0.1) is 12.8 Å². The van der Waals surface area contributed by atoms with Crippen LogP contribution in [0.3, 0.4) is 0 Å². The zero-order chi connectivity index (χ0) is 26.9. The maximum absolute atomic E-state index is 12.6. The average molecular weight is 503 g/mol. The quantitative estimate of drug-likeness (QED) is 0.391. The molecule has 1 unspecified atom stereocenters. The number of nitrogens with zero attached hydrogens (tertiary/aromatic N) is 4. The van der Waals surface area contributed by atoms with Crippen LogP contribution in [0.2, 0.25) is 0 Å². The van der Waals surface area contributed by atoms with Gasteiger partial charge in [0.25, 0.3) is 0 Å². The Morgan fingerprint density at radius 1 is 1.32 bits per heavy atom. The maximum atomic E-state index is 12.6. The molecule has 198 valence electrons. The molecule has 1 aromatic carbocycles. The lowest BCUT2D eigenvalue weighted by molar-refractivity contribution is -0.117. The van der Waals surface area contributed by atoms with Gasteiger partial charge in [-0.05, 0) is 80.1 Å². The zero-order valence-electron chi connectivity index (χ0n) is 23.3. The normalized spacial score (nSPS) is 16.2. The van der Waals surface area contributed by atoms with E-state index < -0.39 is 0 Å². The van der Waals surface area contributed by atoms with Crippen LogP contribution in [0.25, 0.3) is 29.0 Å². The second-order valence-corrected chi connectivity index (χ2v) is 10.1. The highest BCUT2D eigenvalue weighted by atomic mass is 16.2. The molecule has 2 N–H and O–H groups in total. The zero-order valence-corrected chi connectivity index (χ0v) is 23.3. The molecule has 1 aliphatic heterocycles.